The number of hydrogen-bond acceptors (Lipinski definition) is 4. The predicted octanol–water partition coefficient (Wildman–Crippen LogP) is 4.83. The summed E-state index contributed by atoms with van der Waals surface area (Å²) in [5.74, 6) is 1.75. The zero-order valence-electron chi connectivity index (χ0n) is 15.8. The molecule has 0 saturated carbocycles. The van der Waals surface area contributed by atoms with E-state index in [4.69, 9.17) is 9.47 Å². The number of nitrogens with zero attached hydrogens (tertiary/aromatic N) is 1. The molecular weight excluding hydrogens is 348 g/mol. The van der Waals surface area contributed by atoms with Gasteiger partial charge in [-0.05, 0) is 47.0 Å². The van der Waals surface area contributed by atoms with E-state index in [2.05, 4.69) is 71.8 Å². The van der Waals surface area contributed by atoms with Crippen LogP contribution in [0.25, 0.3) is 21.9 Å². The zero-order chi connectivity index (χ0) is 18.6. The molecule has 0 saturated heterocycles. The molecule has 0 bridgehead atoms. The van der Waals surface area contributed by atoms with E-state index in [9.17, 15) is 0 Å². The van der Waals surface area contributed by atoms with E-state index in [-0.39, 0.29) is 7.43 Å². The number of fused-ring (bicyclic) bond motifs is 1. The lowest BCUT2D eigenvalue weighted by molar-refractivity contribution is 0.146. The number of benzene rings is 3. The van der Waals surface area contributed by atoms with Crippen LogP contribution in [0, 0.1) is 6.92 Å². The maximum atomic E-state index is 5.98. The molecule has 1 heterocycles. The van der Waals surface area contributed by atoms with Crippen LogP contribution in [0.15, 0.2) is 59.6 Å². The molecule has 4 rings (SSSR count). The number of methoxy groups -OCH3 is 1. The first kappa shape index (κ1) is 19.9. The molecule has 1 N–H and O–H groups in total. The fourth-order valence-electron chi connectivity index (χ4n) is 3.40. The van der Waals surface area contributed by atoms with Gasteiger partial charge in [0.05, 0.1) is 18.7 Å². The summed E-state index contributed by atoms with van der Waals surface area (Å²) in [4.78, 5) is 4.59. The highest BCUT2D eigenvalue weighted by Crippen LogP contribution is 2.31. The largest absolute Gasteiger partial charge is 0.490 e. The normalized spacial score (nSPS) is 13.0. The Bertz CT molecular complexity index is 995. The van der Waals surface area contributed by atoms with Gasteiger partial charge in [-0.15, -0.1) is 0 Å². The van der Waals surface area contributed by atoms with Gasteiger partial charge in [0.15, 0.2) is 0 Å². The molecule has 1 aliphatic rings. The molecule has 4 nitrogen and oxygen atoms in total. The van der Waals surface area contributed by atoms with Gasteiger partial charge in [0.25, 0.3) is 0 Å². The van der Waals surface area contributed by atoms with Gasteiger partial charge in [0.2, 0.25) is 0 Å². The molecule has 146 valence electrons. The minimum Gasteiger partial charge on any atom is -0.490 e. The topological polar surface area (TPSA) is 42.9 Å². The van der Waals surface area contributed by atoms with Crippen molar-refractivity contribution in [3.05, 3.63) is 65.7 Å². The summed E-state index contributed by atoms with van der Waals surface area (Å²) in [6, 6.07) is 19.4. The third-order valence-corrected chi connectivity index (χ3v) is 4.76. The third kappa shape index (κ3) is 4.18. The molecule has 3 aromatic rings. The molecule has 0 fully saturated rings. The monoisotopic (exact) mass is 376 g/mol. The molecule has 4 heteroatoms. The van der Waals surface area contributed by atoms with E-state index < -0.39 is 0 Å². The average Bonchev–Trinajstić information content (AvgIpc) is 3.22. The average molecular weight is 377 g/mol. The van der Waals surface area contributed by atoms with Crippen molar-refractivity contribution in [1.29, 1.82) is 0 Å². The maximum Gasteiger partial charge on any atom is 0.132 e. The van der Waals surface area contributed by atoms with Crippen molar-refractivity contribution in [2.24, 2.45) is 4.99 Å². The Balaban J connectivity index is 0.00000225. The van der Waals surface area contributed by atoms with E-state index in [1.165, 1.54) is 22.1 Å². The molecule has 0 amide bonds. The minimum atomic E-state index is 0. The summed E-state index contributed by atoms with van der Waals surface area (Å²) < 4.78 is 11.1. The highest BCUT2D eigenvalue weighted by Gasteiger charge is 2.15. The molecule has 0 unspecified atom stereocenters. The van der Waals surface area contributed by atoms with Gasteiger partial charge in [0, 0.05) is 13.7 Å². The van der Waals surface area contributed by atoms with Crippen LogP contribution in [0.4, 0.5) is 0 Å². The highest BCUT2D eigenvalue weighted by atomic mass is 16.5. The van der Waals surface area contributed by atoms with E-state index >= 15 is 0 Å². The Morgan fingerprint density at radius 1 is 0.964 bits per heavy atom. The van der Waals surface area contributed by atoms with E-state index in [0.29, 0.717) is 13.2 Å². The molecule has 1 aliphatic heterocycles. The second-order valence-electron chi connectivity index (χ2n) is 6.78. The highest BCUT2D eigenvalue weighted by molar-refractivity contribution is 6.06. The zero-order valence-corrected chi connectivity index (χ0v) is 15.8. The number of hydrogen-bond donors (Lipinski definition) is 1. The number of rotatable bonds is 6. The molecule has 0 aromatic heterocycles. The number of aliphatic imine (C=N–C) groups is 1. The number of amidine groups is 1. The van der Waals surface area contributed by atoms with Gasteiger partial charge in [-0.3, -0.25) is 4.99 Å². The standard InChI is InChI=1S/C23H24N2O2.CH4/c1-16-4-3-5-17(12-16)18-6-7-19-15-22(27-11-10-26-2)21(14-20(19)13-18)23-24-8-9-25-23;/h3-7,12-15H,8-11H2,1-2H3,(H,24,25);1H4. The molecule has 3 aromatic carbocycles. The van der Waals surface area contributed by atoms with Crippen LogP contribution in [-0.4, -0.2) is 39.2 Å². The van der Waals surface area contributed by atoms with Crippen LogP contribution in [-0.2, 0) is 4.74 Å². The van der Waals surface area contributed by atoms with Crippen LogP contribution in [0.3, 0.4) is 0 Å². The minimum absolute atomic E-state index is 0. The first-order valence-corrected chi connectivity index (χ1v) is 9.30. The summed E-state index contributed by atoms with van der Waals surface area (Å²) in [6.07, 6.45) is 0. The van der Waals surface area contributed by atoms with Crippen molar-refractivity contribution in [3.63, 3.8) is 0 Å². The quantitative estimate of drug-likeness (QED) is 0.627. The molecule has 28 heavy (non-hydrogen) atoms. The van der Waals surface area contributed by atoms with Crippen molar-refractivity contribution in [1.82, 2.24) is 5.32 Å². The summed E-state index contributed by atoms with van der Waals surface area (Å²) in [5.41, 5.74) is 4.72. The number of aryl methyl sites for hydroxylation is 1. The number of ether oxygens (including phenoxy) is 2. The summed E-state index contributed by atoms with van der Waals surface area (Å²) in [6.45, 7) is 4.87. The Morgan fingerprint density at radius 2 is 1.82 bits per heavy atom. The van der Waals surface area contributed by atoms with Crippen molar-refractivity contribution in [2.75, 3.05) is 33.4 Å². The maximum absolute atomic E-state index is 5.98. The van der Waals surface area contributed by atoms with Crippen LogP contribution in [0.5, 0.6) is 5.75 Å². The van der Waals surface area contributed by atoms with E-state index in [0.717, 1.165) is 35.6 Å². The second kappa shape index (κ2) is 8.89. The molecular formula is C24H28N2O2. The van der Waals surface area contributed by atoms with Gasteiger partial charge in [-0.1, -0.05) is 49.4 Å². The first-order valence-electron chi connectivity index (χ1n) is 9.30. The summed E-state index contributed by atoms with van der Waals surface area (Å²) in [5, 5.41) is 5.69. The second-order valence-corrected chi connectivity index (χ2v) is 6.78. The van der Waals surface area contributed by atoms with Crippen molar-refractivity contribution >= 4 is 16.6 Å². The van der Waals surface area contributed by atoms with Gasteiger partial charge in [-0.25, -0.2) is 0 Å². The molecule has 0 spiro atoms. The van der Waals surface area contributed by atoms with Gasteiger partial charge in [0.1, 0.15) is 18.2 Å². The Labute approximate surface area is 167 Å². The molecule has 0 atom stereocenters. The third-order valence-electron chi connectivity index (χ3n) is 4.76. The predicted molar refractivity (Wildman–Crippen MR) is 118 cm³/mol. The van der Waals surface area contributed by atoms with Gasteiger partial charge >= 0.3 is 0 Å². The lowest BCUT2D eigenvalue weighted by Gasteiger charge is -2.14. The fraction of sp³-hybridized carbons (Fsp3) is 0.292. The van der Waals surface area contributed by atoms with E-state index in [1.807, 2.05) is 0 Å². The SMILES string of the molecule is C.COCCOc1cc2ccc(-c3cccc(C)c3)cc2cc1C1=NCCN1. The van der Waals surface area contributed by atoms with Gasteiger partial charge in [-0.2, -0.15) is 0 Å². The first-order chi connectivity index (χ1) is 13.2. The van der Waals surface area contributed by atoms with Crippen LogP contribution >= 0.6 is 0 Å². The Kier molecular flexibility index (Phi) is 6.32. The lowest BCUT2D eigenvalue weighted by atomic mass is 9.98. The van der Waals surface area contributed by atoms with Crippen LogP contribution < -0.4 is 10.1 Å². The van der Waals surface area contributed by atoms with Crippen LogP contribution in [0.2, 0.25) is 0 Å². The smallest absolute Gasteiger partial charge is 0.132 e. The van der Waals surface area contributed by atoms with Gasteiger partial charge < -0.3 is 14.8 Å². The lowest BCUT2D eigenvalue weighted by Crippen LogP contribution is -2.20. The van der Waals surface area contributed by atoms with Crippen molar-refractivity contribution in [3.8, 4) is 16.9 Å². The fourth-order valence-corrected chi connectivity index (χ4v) is 3.40. The van der Waals surface area contributed by atoms with Crippen molar-refractivity contribution < 1.29 is 9.47 Å². The summed E-state index contributed by atoms with van der Waals surface area (Å²) in [7, 11) is 1.68. The molecule has 0 aliphatic carbocycles. The number of nitrogens with one attached hydrogen (secondary N) is 1. The van der Waals surface area contributed by atoms with E-state index in [1.54, 1.807) is 7.11 Å². The Morgan fingerprint density at radius 3 is 2.57 bits per heavy atom. The Hall–Kier alpha value is -2.85. The summed E-state index contributed by atoms with van der Waals surface area (Å²) >= 11 is 0. The molecule has 0 radical (unpaired) electrons. The van der Waals surface area contributed by atoms with Crippen LogP contribution in [0.1, 0.15) is 18.6 Å². The van der Waals surface area contributed by atoms with Crippen molar-refractivity contribution in [2.45, 2.75) is 14.4 Å².